The monoisotopic (exact) mass is 298 g/mol. The van der Waals surface area contributed by atoms with Crippen LogP contribution in [-0.4, -0.2) is 6.04 Å². The number of halogens is 3. The predicted molar refractivity (Wildman–Crippen MR) is 73.3 cm³/mol. The second-order valence-electron chi connectivity index (χ2n) is 4.88. The van der Waals surface area contributed by atoms with E-state index in [4.69, 9.17) is 10.3 Å². The van der Waals surface area contributed by atoms with E-state index in [0.29, 0.717) is 24.8 Å². The van der Waals surface area contributed by atoms with Crippen molar-refractivity contribution in [3.05, 3.63) is 59.5 Å². The van der Waals surface area contributed by atoms with E-state index in [1.807, 2.05) is 6.07 Å². The molecule has 1 aromatic heterocycles. The summed E-state index contributed by atoms with van der Waals surface area (Å²) >= 11 is 0. The number of alkyl halides is 3. The first kappa shape index (κ1) is 15.6. The fraction of sp³-hybridized carbons (Fsp3) is 0.333. The maximum absolute atomic E-state index is 12.7. The molecule has 0 amide bonds. The maximum atomic E-state index is 12.7. The first-order valence-electron chi connectivity index (χ1n) is 6.63. The number of hydrazine groups is 1. The van der Waals surface area contributed by atoms with Gasteiger partial charge >= 0.3 is 6.18 Å². The van der Waals surface area contributed by atoms with Gasteiger partial charge in [-0.2, -0.15) is 13.2 Å². The summed E-state index contributed by atoms with van der Waals surface area (Å²) in [5.74, 6) is 6.31. The summed E-state index contributed by atoms with van der Waals surface area (Å²) in [6.07, 6.45) is -0.939. The summed E-state index contributed by atoms with van der Waals surface area (Å²) in [5, 5.41) is 0. The summed E-state index contributed by atoms with van der Waals surface area (Å²) in [6.45, 7) is 0. The molecule has 0 aliphatic rings. The molecular weight excluding hydrogens is 281 g/mol. The van der Waals surface area contributed by atoms with Gasteiger partial charge in [-0.25, -0.2) is 0 Å². The Kier molecular flexibility index (Phi) is 5.03. The fourth-order valence-corrected chi connectivity index (χ4v) is 2.17. The first-order valence-corrected chi connectivity index (χ1v) is 6.63. The van der Waals surface area contributed by atoms with Crippen molar-refractivity contribution in [2.24, 2.45) is 5.84 Å². The quantitative estimate of drug-likeness (QED) is 0.635. The van der Waals surface area contributed by atoms with E-state index in [0.717, 1.165) is 17.9 Å². The average Bonchev–Trinajstić information content (AvgIpc) is 2.96. The van der Waals surface area contributed by atoms with Crippen LogP contribution in [0.15, 0.2) is 47.1 Å². The molecule has 0 aliphatic heterocycles. The van der Waals surface area contributed by atoms with E-state index in [9.17, 15) is 13.2 Å². The van der Waals surface area contributed by atoms with Gasteiger partial charge in [-0.15, -0.1) is 0 Å². The number of aryl methyl sites for hydroxylation is 1. The second-order valence-corrected chi connectivity index (χ2v) is 4.88. The molecule has 2 rings (SSSR count). The summed E-state index contributed by atoms with van der Waals surface area (Å²) in [6, 6.07) is 8.86. The van der Waals surface area contributed by atoms with E-state index in [-0.39, 0.29) is 6.04 Å². The van der Waals surface area contributed by atoms with E-state index < -0.39 is 11.7 Å². The minimum Gasteiger partial charge on any atom is -0.469 e. The minimum absolute atomic E-state index is 0.112. The molecule has 1 atom stereocenters. The lowest BCUT2D eigenvalue weighted by molar-refractivity contribution is -0.137. The molecule has 0 saturated carbocycles. The van der Waals surface area contributed by atoms with Crippen LogP contribution in [0.2, 0.25) is 0 Å². The van der Waals surface area contributed by atoms with E-state index in [1.165, 1.54) is 6.07 Å². The lowest BCUT2D eigenvalue weighted by Gasteiger charge is -2.16. The molecule has 0 fully saturated rings. The Bertz CT molecular complexity index is 552. The number of hydrogen-bond donors (Lipinski definition) is 2. The van der Waals surface area contributed by atoms with E-state index in [2.05, 4.69) is 5.43 Å². The Morgan fingerprint density at radius 3 is 2.62 bits per heavy atom. The molecule has 1 unspecified atom stereocenters. The van der Waals surface area contributed by atoms with Crippen LogP contribution in [0.1, 0.15) is 23.3 Å². The fourth-order valence-electron chi connectivity index (χ4n) is 2.17. The molecule has 0 aliphatic carbocycles. The molecule has 0 spiro atoms. The Hall–Kier alpha value is -1.79. The van der Waals surface area contributed by atoms with Gasteiger partial charge in [0.25, 0.3) is 0 Å². The Morgan fingerprint density at radius 1 is 1.19 bits per heavy atom. The molecular formula is C15H17F3N2O. The van der Waals surface area contributed by atoms with Crippen LogP contribution in [0.4, 0.5) is 13.2 Å². The molecule has 0 radical (unpaired) electrons. The zero-order valence-electron chi connectivity index (χ0n) is 11.4. The van der Waals surface area contributed by atoms with Gasteiger partial charge in [0.1, 0.15) is 5.76 Å². The highest BCUT2D eigenvalue weighted by Gasteiger charge is 2.30. The van der Waals surface area contributed by atoms with Crippen LogP contribution in [-0.2, 0) is 19.0 Å². The Morgan fingerprint density at radius 2 is 2.00 bits per heavy atom. The molecule has 0 saturated heterocycles. The molecule has 6 heteroatoms. The molecule has 3 N–H and O–H groups in total. The molecule has 21 heavy (non-hydrogen) atoms. The third-order valence-electron chi connectivity index (χ3n) is 3.29. The van der Waals surface area contributed by atoms with Crippen LogP contribution >= 0.6 is 0 Å². The van der Waals surface area contributed by atoms with Gasteiger partial charge in [0, 0.05) is 12.5 Å². The predicted octanol–water partition coefficient (Wildman–Crippen LogP) is 3.31. The zero-order chi connectivity index (χ0) is 15.3. The lowest BCUT2D eigenvalue weighted by atomic mass is 10.00. The lowest BCUT2D eigenvalue weighted by Crippen LogP contribution is -2.37. The van der Waals surface area contributed by atoms with Gasteiger partial charge < -0.3 is 4.42 Å². The largest absolute Gasteiger partial charge is 0.469 e. The zero-order valence-corrected chi connectivity index (χ0v) is 11.4. The van der Waals surface area contributed by atoms with Gasteiger partial charge in [-0.05, 0) is 36.6 Å². The SMILES string of the molecule is NNC(CCc1ccco1)Cc1cccc(C(F)(F)F)c1. The van der Waals surface area contributed by atoms with Gasteiger partial charge in [0.05, 0.1) is 11.8 Å². The van der Waals surface area contributed by atoms with Crippen molar-refractivity contribution in [1.82, 2.24) is 5.43 Å². The highest BCUT2D eigenvalue weighted by molar-refractivity contribution is 5.26. The summed E-state index contributed by atoms with van der Waals surface area (Å²) in [5.41, 5.74) is 2.61. The van der Waals surface area contributed by atoms with Crippen LogP contribution in [0.25, 0.3) is 0 Å². The van der Waals surface area contributed by atoms with Crippen molar-refractivity contribution >= 4 is 0 Å². The molecule has 0 bridgehead atoms. The second kappa shape index (κ2) is 6.78. The van der Waals surface area contributed by atoms with E-state index in [1.54, 1.807) is 18.4 Å². The number of hydrogen-bond acceptors (Lipinski definition) is 3. The van der Waals surface area contributed by atoms with Crippen molar-refractivity contribution in [3.8, 4) is 0 Å². The molecule has 114 valence electrons. The minimum atomic E-state index is -4.32. The highest BCUT2D eigenvalue weighted by atomic mass is 19.4. The normalized spacial score (nSPS) is 13.3. The molecule has 1 heterocycles. The smallest absolute Gasteiger partial charge is 0.416 e. The van der Waals surface area contributed by atoms with Gasteiger partial charge in [-0.1, -0.05) is 18.2 Å². The van der Waals surface area contributed by atoms with Crippen LogP contribution in [0.3, 0.4) is 0 Å². The third kappa shape index (κ3) is 4.61. The van der Waals surface area contributed by atoms with Crippen molar-refractivity contribution in [2.45, 2.75) is 31.5 Å². The molecule has 3 nitrogen and oxygen atoms in total. The number of rotatable bonds is 6. The van der Waals surface area contributed by atoms with Gasteiger partial charge in [0.2, 0.25) is 0 Å². The average molecular weight is 298 g/mol. The highest BCUT2D eigenvalue weighted by Crippen LogP contribution is 2.29. The summed E-state index contributed by atoms with van der Waals surface area (Å²) in [4.78, 5) is 0. The van der Waals surface area contributed by atoms with Crippen LogP contribution in [0, 0.1) is 0 Å². The third-order valence-corrected chi connectivity index (χ3v) is 3.29. The Balaban J connectivity index is 1.98. The topological polar surface area (TPSA) is 51.2 Å². The van der Waals surface area contributed by atoms with Crippen molar-refractivity contribution in [1.29, 1.82) is 0 Å². The maximum Gasteiger partial charge on any atom is 0.416 e. The molecule has 1 aromatic carbocycles. The van der Waals surface area contributed by atoms with Gasteiger partial charge in [0.15, 0.2) is 0 Å². The molecule has 2 aromatic rings. The number of furan rings is 1. The van der Waals surface area contributed by atoms with Gasteiger partial charge in [-0.3, -0.25) is 11.3 Å². The summed E-state index contributed by atoms with van der Waals surface area (Å²) in [7, 11) is 0. The standard InChI is InChI=1S/C15H17F3N2O/c16-15(17,18)12-4-1-3-11(9-12)10-13(20-19)6-7-14-5-2-8-21-14/h1-5,8-9,13,20H,6-7,10,19H2. The van der Waals surface area contributed by atoms with Crippen LogP contribution in [0.5, 0.6) is 0 Å². The van der Waals surface area contributed by atoms with E-state index >= 15 is 0 Å². The number of benzene rings is 1. The van der Waals surface area contributed by atoms with Crippen molar-refractivity contribution < 1.29 is 17.6 Å². The number of nitrogens with two attached hydrogens (primary N) is 1. The van der Waals surface area contributed by atoms with Crippen LogP contribution < -0.4 is 11.3 Å². The Labute approximate surface area is 120 Å². The number of nitrogens with one attached hydrogen (secondary N) is 1. The van der Waals surface area contributed by atoms with Crippen molar-refractivity contribution in [2.75, 3.05) is 0 Å². The summed E-state index contributed by atoms with van der Waals surface area (Å²) < 4.78 is 43.2. The van der Waals surface area contributed by atoms with Crippen molar-refractivity contribution in [3.63, 3.8) is 0 Å². The first-order chi connectivity index (χ1) is 9.99.